The molecule has 1 fully saturated rings. The van der Waals surface area contributed by atoms with E-state index in [0.717, 1.165) is 5.56 Å². The number of aromatic amines is 1. The number of nitrogens with zero attached hydrogens (tertiary/aromatic N) is 2. The highest BCUT2D eigenvalue weighted by Gasteiger charge is 2.37. The molecule has 3 rings (SSSR count). The van der Waals surface area contributed by atoms with Crippen molar-refractivity contribution in [1.82, 2.24) is 15.1 Å². The fraction of sp³-hybridized carbons (Fsp3) is 0.389. The lowest BCUT2D eigenvalue weighted by molar-refractivity contribution is -0.122. The van der Waals surface area contributed by atoms with Crippen LogP contribution in [0.25, 0.3) is 0 Å². The molecule has 1 aromatic carbocycles. The lowest BCUT2D eigenvalue weighted by Gasteiger charge is -2.40. The number of carbonyl (C=O) groups is 2. The summed E-state index contributed by atoms with van der Waals surface area (Å²) in [5.74, 6) is 0.976. The van der Waals surface area contributed by atoms with Gasteiger partial charge in [-0.2, -0.15) is 5.10 Å². The summed E-state index contributed by atoms with van der Waals surface area (Å²) >= 11 is 0. The van der Waals surface area contributed by atoms with Crippen LogP contribution in [0.1, 0.15) is 22.0 Å². The number of carbonyl (C=O) groups excluding carboxylic acids is 1. The Balaban J connectivity index is 0.000000878. The minimum atomic E-state index is -0.525. The largest absolute Gasteiger partial charge is 0.493 e. The Bertz CT molecular complexity index is 767. The van der Waals surface area contributed by atoms with Gasteiger partial charge in [-0.05, 0) is 17.7 Å². The standard InChI is InChI=1S/C17H21N3O5.CH2O2/c1-23-13-4-3-11(7-14(13)24-2)16-15(10-21)25-6-5-20(16)17(22)12-8-18-19-9-12;2-1-3/h3-4,7-9,15-16,21H,5-6,10H2,1-2H3,(H,18,19);1H,(H,2,3)/t15-,16-;/m0./s1. The molecule has 10 nitrogen and oxygen atoms in total. The molecule has 0 saturated carbocycles. The number of hydrogen-bond acceptors (Lipinski definition) is 7. The van der Waals surface area contributed by atoms with E-state index in [1.807, 2.05) is 6.07 Å². The fourth-order valence-corrected chi connectivity index (χ4v) is 3.08. The summed E-state index contributed by atoms with van der Waals surface area (Å²) in [5.41, 5.74) is 1.26. The highest BCUT2D eigenvalue weighted by atomic mass is 16.5. The molecule has 1 saturated heterocycles. The van der Waals surface area contributed by atoms with Crippen LogP contribution >= 0.6 is 0 Å². The maximum absolute atomic E-state index is 12.9. The summed E-state index contributed by atoms with van der Waals surface area (Å²) in [7, 11) is 3.11. The highest BCUT2D eigenvalue weighted by molar-refractivity contribution is 5.94. The van der Waals surface area contributed by atoms with Crippen LogP contribution in [0.4, 0.5) is 0 Å². The predicted octanol–water partition coefficient (Wildman–Crippen LogP) is 0.702. The molecule has 0 spiro atoms. The Morgan fingerprint density at radius 2 is 2.11 bits per heavy atom. The molecule has 0 bridgehead atoms. The number of H-pyrrole nitrogens is 1. The van der Waals surface area contributed by atoms with Crippen molar-refractivity contribution in [3.05, 3.63) is 41.7 Å². The Kier molecular flexibility index (Phi) is 7.78. The van der Waals surface area contributed by atoms with Crippen LogP contribution in [0.2, 0.25) is 0 Å². The molecule has 2 heterocycles. The average molecular weight is 393 g/mol. The summed E-state index contributed by atoms with van der Waals surface area (Å²) in [6, 6.07) is 4.98. The molecular formula is C18H23N3O7. The SMILES string of the molecule is COc1ccc([C@H]2[C@H](CO)OCCN2C(=O)c2cn[nH]c2)cc1OC.O=CO. The van der Waals surface area contributed by atoms with Crippen molar-refractivity contribution in [3.8, 4) is 11.5 Å². The molecule has 2 aromatic rings. The summed E-state index contributed by atoms with van der Waals surface area (Å²) in [4.78, 5) is 22.9. The maximum atomic E-state index is 12.9. The van der Waals surface area contributed by atoms with E-state index in [-0.39, 0.29) is 19.0 Å². The van der Waals surface area contributed by atoms with Crippen LogP contribution < -0.4 is 9.47 Å². The molecule has 1 amide bonds. The second-order valence-electron chi connectivity index (χ2n) is 5.74. The summed E-state index contributed by atoms with van der Waals surface area (Å²) < 4.78 is 16.3. The quantitative estimate of drug-likeness (QED) is 0.632. The number of aliphatic hydroxyl groups is 1. The number of methoxy groups -OCH3 is 2. The van der Waals surface area contributed by atoms with Crippen LogP contribution in [-0.2, 0) is 9.53 Å². The van der Waals surface area contributed by atoms with Gasteiger partial charge in [0.05, 0.1) is 45.2 Å². The predicted molar refractivity (Wildman–Crippen MR) is 97.4 cm³/mol. The van der Waals surface area contributed by atoms with Gasteiger partial charge in [0.2, 0.25) is 0 Å². The number of aromatic nitrogens is 2. The molecule has 0 aliphatic carbocycles. The monoisotopic (exact) mass is 393 g/mol. The van der Waals surface area contributed by atoms with Gasteiger partial charge in [0.15, 0.2) is 11.5 Å². The van der Waals surface area contributed by atoms with Crippen molar-refractivity contribution < 1.29 is 34.0 Å². The first kappa shape index (κ1) is 21.2. The van der Waals surface area contributed by atoms with Gasteiger partial charge in [-0.1, -0.05) is 6.07 Å². The molecule has 152 valence electrons. The smallest absolute Gasteiger partial charge is 0.290 e. The third-order valence-corrected chi connectivity index (χ3v) is 4.29. The number of benzene rings is 1. The first-order valence-corrected chi connectivity index (χ1v) is 8.43. The molecule has 28 heavy (non-hydrogen) atoms. The molecule has 1 aromatic heterocycles. The van der Waals surface area contributed by atoms with Crippen molar-refractivity contribution in [2.45, 2.75) is 12.1 Å². The summed E-state index contributed by atoms with van der Waals surface area (Å²) in [5, 5.41) is 23.1. The Morgan fingerprint density at radius 3 is 2.68 bits per heavy atom. The number of rotatable bonds is 5. The molecular weight excluding hydrogens is 370 g/mol. The number of carboxylic acid groups (broad SMARTS) is 1. The van der Waals surface area contributed by atoms with E-state index in [1.165, 1.54) is 6.20 Å². The van der Waals surface area contributed by atoms with Crippen molar-refractivity contribution in [1.29, 1.82) is 0 Å². The number of nitrogens with one attached hydrogen (secondary N) is 1. The van der Waals surface area contributed by atoms with Gasteiger partial charge in [0, 0.05) is 12.7 Å². The van der Waals surface area contributed by atoms with Crippen molar-refractivity contribution in [2.75, 3.05) is 34.0 Å². The summed E-state index contributed by atoms with van der Waals surface area (Å²) in [6.07, 6.45) is 2.51. The van der Waals surface area contributed by atoms with Crippen LogP contribution in [0.15, 0.2) is 30.6 Å². The number of hydrogen-bond donors (Lipinski definition) is 3. The Hall–Kier alpha value is -3.11. The van der Waals surface area contributed by atoms with E-state index in [0.29, 0.717) is 30.2 Å². The Morgan fingerprint density at radius 1 is 1.39 bits per heavy atom. The van der Waals surface area contributed by atoms with E-state index in [2.05, 4.69) is 10.2 Å². The number of morpholine rings is 1. The van der Waals surface area contributed by atoms with Crippen molar-refractivity contribution >= 4 is 12.4 Å². The second kappa shape index (κ2) is 10.3. The lowest BCUT2D eigenvalue weighted by atomic mass is 9.97. The average Bonchev–Trinajstić information content (AvgIpc) is 3.27. The topological polar surface area (TPSA) is 134 Å². The second-order valence-corrected chi connectivity index (χ2v) is 5.74. The number of ether oxygens (including phenoxy) is 3. The molecule has 1 aliphatic heterocycles. The number of amides is 1. The molecule has 1 aliphatic rings. The third-order valence-electron chi connectivity index (χ3n) is 4.29. The highest BCUT2D eigenvalue weighted by Crippen LogP contribution is 2.36. The normalized spacial score (nSPS) is 18.6. The van der Waals surface area contributed by atoms with Gasteiger partial charge in [0.1, 0.15) is 6.10 Å². The van der Waals surface area contributed by atoms with Gasteiger partial charge in [-0.15, -0.1) is 0 Å². The van der Waals surface area contributed by atoms with E-state index >= 15 is 0 Å². The lowest BCUT2D eigenvalue weighted by Crippen LogP contribution is -2.49. The molecule has 10 heteroatoms. The van der Waals surface area contributed by atoms with Crippen molar-refractivity contribution in [3.63, 3.8) is 0 Å². The minimum Gasteiger partial charge on any atom is -0.493 e. The van der Waals surface area contributed by atoms with Crippen LogP contribution in [-0.4, -0.2) is 77.8 Å². The van der Waals surface area contributed by atoms with Crippen LogP contribution in [0.3, 0.4) is 0 Å². The van der Waals surface area contributed by atoms with Gasteiger partial charge in [-0.3, -0.25) is 14.7 Å². The Labute approximate surface area is 161 Å². The third kappa shape index (κ3) is 4.59. The first-order chi connectivity index (χ1) is 13.6. The van der Waals surface area contributed by atoms with Crippen molar-refractivity contribution in [2.24, 2.45) is 0 Å². The zero-order valence-corrected chi connectivity index (χ0v) is 15.6. The molecule has 0 radical (unpaired) electrons. The zero-order chi connectivity index (χ0) is 20.5. The van der Waals surface area contributed by atoms with Crippen LogP contribution in [0.5, 0.6) is 11.5 Å². The summed E-state index contributed by atoms with van der Waals surface area (Å²) in [6.45, 7) is 0.326. The fourth-order valence-electron chi connectivity index (χ4n) is 3.08. The van der Waals surface area contributed by atoms with Gasteiger partial charge in [0.25, 0.3) is 12.4 Å². The number of aliphatic hydroxyl groups excluding tert-OH is 1. The van der Waals surface area contributed by atoms with Gasteiger partial charge < -0.3 is 29.3 Å². The van der Waals surface area contributed by atoms with E-state index in [9.17, 15) is 9.90 Å². The minimum absolute atomic E-state index is 0.171. The molecule has 3 N–H and O–H groups in total. The molecule has 0 unspecified atom stereocenters. The van der Waals surface area contributed by atoms with Crippen LogP contribution in [0, 0.1) is 0 Å². The zero-order valence-electron chi connectivity index (χ0n) is 15.6. The van der Waals surface area contributed by atoms with E-state index in [4.69, 9.17) is 24.1 Å². The van der Waals surface area contributed by atoms with Gasteiger partial charge in [-0.25, -0.2) is 0 Å². The van der Waals surface area contributed by atoms with Gasteiger partial charge >= 0.3 is 0 Å². The first-order valence-electron chi connectivity index (χ1n) is 8.43. The molecule has 2 atom stereocenters. The maximum Gasteiger partial charge on any atom is 0.290 e. The van der Waals surface area contributed by atoms with E-state index in [1.54, 1.807) is 37.4 Å². The van der Waals surface area contributed by atoms with E-state index < -0.39 is 12.1 Å².